The smallest absolute Gasteiger partial charge is 0.337 e. The van der Waals surface area contributed by atoms with E-state index in [4.69, 9.17) is 4.74 Å². The zero-order valence-corrected chi connectivity index (χ0v) is 21.5. The number of benzene rings is 2. The minimum absolute atomic E-state index is 0.0367. The lowest BCUT2D eigenvalue weighted by atomic mass is 9.93. The molecule has 0 atom stereocenters. The number of nitrogens with zero attached hydrogens (tertiary/aromatic N) is 4. The van der Waals surface area contributed by atoms with Gasteiger partial charge in [0.25, 0.3) is 5.56 Å². The Labute approximate surface area is 216 Å². The first-order valence-corrected chi connectivity index (χ1v) is 12.9. The van der Waals surface area contributed by atoms with Crippen LogP contribution in [-0.2, 0) is 0 Å². The molecule has 7 nitrogen and oxygen atoms in total. The van der Waals surface area contributed by atoms with Crippen LogP contribution in [0.15, 0.2) is 64.6 Å². The lowest BCUT2D eigenvalue weighted by Gasteiger charge is -2.28. The molecule has 0 aliphatic heterocycles. The van der Waals surface area contributed by atoms with Gasteiger partial charge in [-0.1, -0.05) is 6.07 Å². The minimum atomic E-state index is -0.422. The number of thiophene rings is 1. The molecule has 188 valence electrons. The largest absolute Gasteiger partial charge is 0.495 e. The molecule has 1 fully saturated rings. The molecule has 1 aliphatic rings. The zero-order valence-electron chi connectivity index (χ0n) is 20.7. The summed E-state index contributed by atoms with van der Waals surface area (Å²) in [4.78, 5) is 33.4. The molecule has 6 rings (SSSR count). The molecule has 1 saturated carbocycles. The van der Waals surface area contributed by atoms with Crippen molar-refractivity contribution in [2.45, 2.75) is 39.2 Å². The van der Waals surface area contributed by atoms with Crippen LogP contribution in [0.2, 0.25) is 0 Å². The van der Waals surface area contributed by atoms with Gasteiger partial charge in [0.05, 0.1) is 35.9 Å². The average Bonchev–Trinajstić information content (AvgIpc) is 3.44. The number of aryl methyl sites for hydroxylation is 2. The number of fused-ring (bicyclic) bond motifs is 1. The van der Waals surface area contributed by atoms with E-state index in [1.54, 1.807) is 18.0 Å². The highest BCUT2D eigenvalue weighted by atomic mass is 32.1. The third-order valence-corrected chi connectivity index (χ3v) is 8.46. The van der Waals surface area contributed by atoms with Crippen LogP contribution in [-0.4, -0.2) is 25.8 Å². The van der Waals surface area contributed by atoms with Crippen LogP contribution in [0.3, 0.4) is 0 Å². The molecule has 5 aromatic rings. The lowest BCUT2D eigenvalue weighted by molar-refractivity contribution is 0.310. The topological polar surface area (TPSA) is 71.0 Å². The monoisotopic (exact) mass is 516 g/mol. The minimum Gasteiger partial charge on any atom is -0.495 e. The molecule has 1 aliphatic carbocycles. The maximum absolute atomic E-state index is 13.8. The van der Waals surface area contributed by atoms with Gasteiger partial charge < -0.3 is 9.30 Å². The Morgan fingerprint density at radius 1 is 1.08 bits per heavy atom. The van der Waals surface area contributed by atoms with Gasteiger partial charge in [0.15, 0.2) is 0 Å². The van der Waals surface area contributed by atoms with Crippen LogP contribution < -0.4 is 16.0 Å². The summed E-state index contributed by atoms with van der Waals surface area (Å²) in [6, 6.07) is 11.4. The van der Waals surface area contributed by atoms with Gasteiger partial charge in [0.2, 0.25) is 0 Å². The fourth-order valence-corrected chi connectivity index (χ4v) is 6.32. The highest BCUT2D eigenvalue weighted by Gasteiger charge is 2.28. The molecule has 0 amide bonds. The average molecular weight is 517 g/mol. The van der Waals surface area contributed by atoms with Crippen molar-refractivity contribution in [2.75, 3.05) is 7.11 Å². The number of aromatic nitrogens is 4. The van der Waals surface area contributed by atoms with E-state index in [-0.39, 0.29) is 17.3 Å². The van der Waals surface area contributed by atoms with Crippen molar-refractivity contribution in [3.63, 3.8) is 0 Å². The second kappa shape index (κ2) is 8.85. The van der Waals surface area contributed by atoms with Crippen molar-refractivity contribution in [3.8, 4) is 27.6 Å². The second-order valence-corrected chi connectivity index (χ2v) is 10.4. The molecule has 37 heavy (non-hydrogen) atoms. The van der Waals surface area contributed by atoms with Crippen molar-refractivity contribution >= 4 is 21.6 Å². The molecule has 0 spiro atoms. The molecule has 2 aromatic carbocycles. The fraction of sp³-hybridized carbons (Fsp3) is 0.250. The van der Waals surface area contributed by atoms with E-state index in [2.05, 4.69) is 4.98 Å². The third-order valence-electron chi connectivity index (χ3n) is 7.12. The van der Waals surface area contributed by atoms with Crippen molar-refractivity contribution in [1.82, 2.24) is 18.7 Å². The van der Waals surface area contributed by atoms with E-state index in [0.717, 1.165) is 46.6 Å². The standard InChI is InChI=1S/C28H25FN4O3S/c1-16-14-31(15-30-16)22-12-7-18(13-23(22)36-3)25-17(2)24-26(34)32(21-10-8-19(29)9-11-21)28(35)33(27(24)37-25)20-5-4-6-20/h7-15,20H,4-6H2,1-3H3. The Balaban J connectivity index is 1.59. The molecule has 3 heterocycles. The number of methoxy groups -OCH3 is 1. The van der Waals surface area contributed by atoms with Crippen molar-refractivity contribution < 1.29 is 9.13 Å². The molecule has 0 radical (unpaired) electrons. The van der Waals surface area contributed by atoms with Gasteiger partial charge in [-0.05, 0) is 80.6 Å². The molecule has 0 unspecified atom stereocenters. The first-order chi connectivity index (χ1) is 17.9. The molecule has 0 N–H and O–H groups in total. The van der Waals surface area contributed by atoms with E-state index in [0.29, 0.717) is 21.7 Å². The van der Waals surface area contributed by atoms with E-state index >= 15 is 0 Å². The summed E-state index contributed by atoms with van der Waals surface area (Å²) in [5.41, 5.74) is 3.05. The van der Waals surface area contributed by atoms with Crippen LogP contribution in [0, 0.1) is 19.7 Å². The summed E-state index contributed by atoms with van der Waals surface area (Å²) in [7, 11) is 1.62. The summed E-state index contributed by atoms with van der Waals surface area (Å²) >= 11 is 1.46. The Hall–Kier alpha value is -3.98. The molecule has 0 saturated heterocycles. The SMILES string of the molecule is COc1cc(-c2sc3c(c2C)c(=O)n(-c2ccc(F)cc2)c(=O)n3C2CCC2)ccc1-n1cnc(C)c1. The van der Waals surface area contributed by atoms with E-state index in [1.807, 2.05) is 42.8 Å². The number of hydrogen-bond donors (Lipinski definition) is 0. The Morgan fingerprint density at radius 3 is 2.46 bits per heavy atom. The highest BCUT2D eigenvalue weighted by molar-refractivity contribution is 7.22. The van der Waals surface area contributed by atoms with E-state index in [9.17, 15) is 14.0 Å². The van der Waals surface area contributed by atoms with Gasteiger partial charge in [0, 0.05) is 17.1 Å². The van der Waals surface area contributed by atoms with E-state index < -0.39 is 5.82 Å². The maximum Gasteiger partial charge on any atom is 0.337 e. The van der Waals surface area contributed by atoms with Crippen molar-refractivity contribution in [2.24, 2.45) is 0 Å². The molecule has 3 aromatic heterocycles. The van der Waals surface area contributed by atoms with E-state index in [1.165, 1.54) is 40.2 Å². The predicted octanol–water partition coefficient (Wildman–Crippen LogP) is 5.56. The van der Waals surface area contributed by atoms with Crippen LogP contribution in [0.1, 0.15) is 36.6 Å². The number of imidazole rings is 1. The Kier molecular flexibility index (Phi) is 5.60. The maximum atomic E-state index is 13.8. The van der Waals surface area contributed by atoms with Gasteiger partial charge in [-0.25, -0.2) is 18.7 Å². The third kappa shape index (κ3) is 3.72. The zero-order chi connectivity index (χ0) is 25.8. The predicted molar refractivity (Wildman–Crippen MR) is 143 cm³/mol. The van der Waals surface area contributed by atoms with Crippen LogP contribution >= 0.6 is 11.3 Å². The second-order valence-electron chi connectivity index (χ2n) is 9.40. The van der Waals surface area contributed by atoms with Gasteiger partial charge in [-0.2, -0.15) is 0 Å². The van der Waals surface area contributed by atoms with Gasteiger partial charge in [-0.15, -0.1) is 11.3 Å². The summed E-state index contributed by atoms with van der Waals surface area (Å²) in [6.45, 7) is 3.85. The Bertz CT molecular complexity index is 1770. The van der Waals surface area contributed by atoms with Crippen LogP contribution in [0.5, 0.6) is 5.75 Å². The van der Waals surface area contributed by atoms with Gasteiger partial charge >= 0.3 is 5.69 Å². The normalized spacial score (nSPS) is 13.7. The van der Waals surface area contributed by atoms with Gasteiger partial charge in [0.1, 0.15) is 16.4 Å². The summed E-state index contributed by atoms with van der Waals surface area (Å²) in [5.74, 6) is 0.251. The summed E-state index contributed by atoms with van der Waals surface area (Å²) < 4.78 is 24.2. The van der Waals surface area contributed by atoms with Crippen molar-refractivity contribution in [1.29, 1.82) is 0 Å². The van der Waals surface area contributed by atoms with Crippen LogP contribution in [0.4, 0.5) is 4.39 Å². The first-order valence-electron chi connectivity index (χ1n) is 12.1. The number of rotatable bonds is 5. The lowest BCUT2D eigenvalue weighted by Crippen LogP contribution is -2.41. The number of halogens is 1. The number of ether oxygens (including phenoxy) is 1. The quantitative estimate of drug-likeness (QED) is 0.307. The fourth-order valence-electron chi connectivity index (χ4n) is 4.96. The van der Waals surface area contributed by atoms with Crippen LogP contribution in [0.25, 0.3) is 32.0 Å². The summed E-state index contributed by atoms with van der Waals surface area (Å²) in [5, 5.41) is 0.518. The molecule has 9 heteroatoms. The molecule has 0 bridgehead atoms. The van der Waals surface area contributed by atoms with Crippen molar-refractivity contribution in [3.05, 3.63) is 92.9 Å². The first kappa shape index (κ1) is 23.4. The summed E-state index contributed by atoms with van der Waals surface area (Å²) in [6.07, 6.45) is 6.48. The molecular weight excluding hydrogens is 491 g/mol. The molecular formula is C28H25FN4O3S. The Morgan fingerprint density at radius 2 is 1.84 bits per heavy atom. The highest BCUT2D eigenvalue weighted by Crippen LogP contribution is 2.41. The number of hydrogen-bond acceptors (Lipinski definition) is 5. The van der Waals surface area contributed by atoms with Gasteiger partial charge in [-0.3, -0.25) is 9.36 Å².